The van der Waals surface area contributed by atoms with E-state index in [1.54, 1.807) is 12.4 Å². The number of hydrogen-bond acceptors (Lipinski definition) is 6. The van der Waals surface area contributed by atoms with Crippen LogP contribution in [0.15, 0.2) is 23.3 Å². The summed E-state index contributed by atoms with van der Waals surface area (Å²) in [6, 6.07) is 3.86. The first-order chi connectivity index (χ1) is 12.2. The molecule has 2 aromatic heterocycles. The van der Waals surface area contributed by atoms with Gasteiger partial charge in [0.2, 0.25) is 5.88 Å². The van der Waals surface area contributed by atoms with E-state index < -0.39 is 0 Å². The lowest BCUT2D eigenvalue weighted by atomic mass is 10.1. The summed E-state index contributed by atoms with van der Waals surface area (Å²) >= 11 is 0. The maximum Gasteiger partial charge on any atom is 0.219 e. The maximum atomic E-state index is 10.6. The van der Waals surface area contributed by atoms with E-state index in [2.05, 4.69) is 19.9 Å². The highest BCUT2D eigenvalue weighted by Gasteiger charge is 2.18. The molecule has 0 saturated carbocycles. The molecule has 0 aliphatic carbocycles. The molecule has 25 heavy (non-hydrogen) atoms. The van der Waals surface area contributed by atoms with E-state index in [1.807, 2.05) is 29.7 Å². The predicted octanol–water partition coefficient (Wildman–Crippen LogP) is 1.88. The van der Waals surface area contributed by atoms with Crippen LogP contribution in [0.25, 0.3) is 11.6 Å². The van der Waals surface area contributed by atoms with Gasteiger partial charge in [0, 0.05) is 49.7 Å². The van der Waals surface area contributed by atoms with Gasteiger partial charge in [-0.1, -0.05) is 0 Å². The van der Waals surface area contributed by atoms with Crippen molar-refractivity contribution in [3.05, 3.63) is 35.4 Å². The normalized spacial score (nSPS) is 18.8. The Morgan fingerprint density at radius 3 is 2.96 bits per heavy atom. The molecule has 0 unspecified atom stereocenters. The summed E-state index contributed by atoms with van der Waals surface area (Å²) in [7, 11) is 0. The Labute approximate surface area is 146 Å². The summed E-state index contributed by atoms with van der Waals surface area (Å²) < 4.78 is 7.23. The topological polar surface area (TPSA) is 75.8 Å². The smallest absolute Gasteiger partial charge is 0.219 e. The number of fused-ring (bicyclic) bond motifs is 1. The molecule has 0 atom stereocenters. The molecule has 7 heteroatoms. The van der Waals surface area contributed by atoms with Gasteiger partial charge >= 0.3 is 0 Å². The second-order valence-corrected chi connectivity index (χ2v) is 6.21. The molecular formula is C18H21N5O2. The van der Waals surface area contributed by atoms with Gasteiger partial charge in [-0.3, -0.25) is 9.47 Å². The van der Waals surface area contributed by atoms with Crippen molar-refractivity contribution >= 4 is 23.7 Å². The van der Waals surface area contributed by atoms with Gasteiger partial charge in [-0.2, -0.15) is 0 Å². The number of pyridine rings is 1. The van der Waals surface area contributed by atoms with Gasteiger partial charge in [-0.25, -0.2) is 15.0 Å². The van der Waals surface area contributed by atoms with Crippen molar-refractivity contribution in [1.82, 2.24) is 19.4 Å². The third-order valence-corrected chi connectivity index (χ3v) is 4.62. The number of aryl methyl sites for hydroxylation is 1. The molecule has 7 nitrogen and oxygen atoms in total. The average molecular weight is 339 g/mol. The van der Waals surface area contributed by atoms with E-state index in [1.165, 1.54) is 0 Å². The molecule has 1 saturated heterocycles. The number of aliphatic imine (C=N–C) groups is 1. The fourth-order valence-electron chi connectivity index (χ4n) is 3.19. The van der Waals surface area contributed by atoms with E-state index in [-0.39, 0.29) is 5.88 Å². The highest BCUT2D eigenvalue weighted by molar-refractivity contribution is 6.20. The number of nitrogens with zero attached hydrogens (tertiary/aromatic N) is 5. The Hall–Kier alpha value is -2.51. The molecule has 0 spiro atoms. The van der Waals surface area contributed by atoms with Crippen molar-refractivity contribution in [2.45, 2.75) is 13.5 Å². The summed E-state index contributed by atoms with van der Waals surface area (Å²) in [5, 5.41) is 10.6. The molecule has 2 aliphatic heterocycles. The summed E-state index contributed by atoms with van der Waals surface area (Å²) in [5.41, 5.74) is 2.44. The molecule has 0 aromatic carbocycles. The molecule has 130 valence electrons. The van der Waals surface area contributed by atoms with Crippen molar-refractivity contribution in [2.24, 2.45) is 4.99 Å². The predicted molar refractivity (Wildman–Crippen MR) is 96.1 cm³/mol. The standard InChI is InChI=1S/C18H21N5O2/c1-13-21-16(11-14-12-20-17-15(14)3-2-4-19-17)18(24)23(13)6-5-22-7-9-25-10-8-22/h2-4,11-12,24H,5-10H2,1H3. The number of imidazole rings is 1. The highest BCUT2D eigenvalue weighted by atomic mass is 16.5. The Morgan fingerprint density at radius 1 is 1.28 bits per heavy atom. The van der Waals surface area contributed by atoms with Gasteiger partial charge in [0.1, 0.15) is 11.5 Å². The second kappa shape index (κ2) is 6.78. The van der Waals surface area contributed by atoms with Crippen molar-refractivity contribution in [2.75, 3.05) is 32.8 Å². The summed E-state index contributed by atoms with van der Waals surface area (Å²) in [4.78, 5) is 15.4. The van der Waals surface area contributed by atoms with Crippen LogP contribution < -0.4 is 0 Å². The SMILES string of the molecule is Cc1nc(C=C2C=Nc3ncccc32)c(O)n1CCN1CCOCC1. The van der Waals surface area contributed by atoms with Crippen molar-refractivity contribution in [1.29, 1.82) is 0 Å². The van der Waals surface area contributed by atoms with E-state index in [0.29, 0.717) is 18.1 Å². The lowest BCUT2D eigenvalue weighted by molar-refractivity contribution is 0.0361. The van der Waals surface area contributed by atoms with Gasteiger partial charge in [-0.15, -0.1) is 0 Å². The summed E-state index contributed by atoms with van der Waals surface area (Å²) in [6.45, 7) is 6.92. The molecule has 1 fully saturated rings. The van der Waals surface area contributed by atoms with Gasteiger partial charge < -0.3 is 9.84 Å². The Morgan fingerprint density at radius 2 is 2.12 bits per heavy atom. The molecule has 1 N–H and O–H groups in total. The maximum absolute atomic E-state index is 10.6. The quantitative estimate of drug-likeness (QED) is 0.920. The minimum absolute atomic E-state index is 0.198. The first-order valence-corrected chi connectivity index (χ1v) is 8.50. The average Bonchev–Trinajstić information content (AvgIpc) is 3.16. The first kappa shape index (κ1) is 16.0. The Balaban J connectivity index is 1.54. The van der Waals surface area contributed by atoms with E-state index in [4.69, 9.17) is 4.74 Å². The van der Waals surface area contributed by atoms with Crippen molar-refractivity contribution in [3.63, 3.8) is 0 Å². The number of morpholine rings is 1. The number of aromatic hydroxyl groups is 1. The van der Waals surface area contributed by atoms with E-state index >= 15 is 0 Å². The highest BCUT2D eigenvalue weighted by Crippen LogP contribution is 2.31. The van der Waals surface area contributed by atoms with Crippen LogP contribution >= 0.6 is 0 Å². The van der Waals surface area contributed by atoms with Gasteiger partial charge in [-0.05, 0) is 25.1 Å². The van der Waals surface area contributed by atoms with Gasteiger partial charge in [0.25, 0.3) is 0 Å². The molecule has 4 heterocycles. The fourth-order valence-corrected chi connectivity index (χ4v) is 3.19. The van der Waals surface area contributed by atoms with E-state index in [9.17, 15) is 5.11 Å². The lowest BCUT2D eigenvalue weighted by Gasteiger charge is -2.26. The zero-order valence-corrected chi connectivity index (χ0v) is 14.2. The Bertz CT molecular complexity index is 834. The minimum atomic E-state index is 0.198. The number of aromatic nitrogens is 3. The van der Waals surface area contributed by atoms with Crippen LogP contribution in [0.1, 0.15) is 17.1 Å². The second-order valence-electron chi connectivity index (χ2n) is 6.21. The third-order valence-electron chi connectivity index (χ3n) is 4.62. The first-order valence-electron chi connectivity index (χ1n) is 8.50. The van der Waals surface area contributed by atoms with Gasteiger partial charge in [0.15, 0.2) is 5.82 Å². The molecule has 0 radical (unpaired) electrons. The summed E-state index contributed by atoms with van der Waals surface area (Å²) in [6.07, 6.45) is 5.35. The molecule has 4 rings (SSSR count). The number of hydrogen-bond donors (Lipinski definition) is 1. The van der Waals surface area contributed by atoms with Crippen molar-refractivity contribution < 1.29 is 9.84 Å². The fraction of sp³-hybridized carbons (Fsp3) is 0.389. The van der Waals surface area contributed by atoms with Crippen LogP contribution in [0.5, 0.6) is 5.88 Å². The largest absolute Gasteiger partial charge is 0.493 e. The van der Waals surface area contributed by atoms with Crippen LogP contribution in [-0.2, 0) is 11.3 Å². The van der Waals surface area contributed by atoms with Crippen LogP contribution in [0.2, 0.25) is 0 Å². The number of ether oxygens (including phenoxy) is 1. The third kappa shape index (κ3) is 3.20. The molecule has 2 aromatic rings. The molecule has 2 aliphatic rings. The minimum Gasteiger partial charge on any atom is -0.493 e. The molecule has 0 bridgehead atoms. The van der Waals surface area contributed by atoms with Crippen LogP contribution in [0.4, 0.5) is 5.82 Å². The Kier molecular flexibility index (Phi) is 4.33. The molecular weight excluding hydrogens is 318 g/mol. The van der Waals surface area contributed by atoms with Crippen molar-refractivity contribution in [3.8, 4) is 5.88 Å². The van der Waals surface area contributed by atoms with Gasteiger partial charge in [0.05, 0.1) is 13.2 Å². The monoisotopic (exact) mass is 339 g/mol. The zero-order valence-electron chi connectivity index (χ0n) is 14.2. The van der Waals surface area contributed by atoms with Crippen LogP contribution in [0, 0.1) is 6.92 Å². The number of allylic oxidation sites excluding steroid dienone is 1. The van der Waals surface area contributed by atoms with Crippen LogP contribution in [0.3, 0.4) is 0 Å². The lowest BCUT2D eigenvalue weighted by Crippen LogP contribution is -2.38. The number of rotatable bonds is 4. The zero-order chi connectivity index (χ0) is 17.2. The van der Waals surface area contributed by atoms with Crippen LogP contribution in [-0.4, -0.2) is 63.6 Å². The van der Waals surface area contributed by atoms with E-state index in [0.717, 1.165) is 49.8 Å². The summed E-state index contributed by atoms with van der Waals surface area (Å²) in [5.74, 6) is 1.71. The molecule has 0 amide bonds.